The lowest BCUT2D eigenvalue weighted by molar-refractivity contribution is -0.141. The van der Waals surface area contributed by atoms with Crippen molar-refractivity contribution in [3.8, 4) is 5.75 Å². The molecule has 2 aliphatic heterocycles. The largest absolute Gasteiger partial charge is 0.485 e. The fourth-order valence-electron chi connectivity index (χ4n) is 3.24. The van der Waals surface area contributed by atoms with Gasteiger partial charge in [0.25, 0.3) is 0 Å². The zero-order valence-electron chi connectivity index (χ0n) is 12.6. The van der Waals surface area contributed by atoms with Gasteiger partial charge in [0.1, 0.15) is 11.4 Å². The van der Waals surface area contributed by atoms with Crippen LogP contribution in [0.3, 0.4) is 0 Å². The molecule has 1 fully saturated rings. The summed E-state index contributed by atoms with van der Waals surface area (Å²) in [6.45, 7) is 2.21. The van der Waals surface area contributed by atoms with Crippen molar-refractivity contribution in [2.45, 2.75) is 38.0 Å². The molecule has 1 aromatic carbocycles. The van der Waals surface area contributed by atoms with Crippen LogP contribution in [0.15, 0.2) is 18.2 Å². The molecule has 3 rings (SSSR count). The highest BCUT2D eigenvalue weighted by Gasteiger charge is 2.46. The highest BCUT2D eigenvalue weighted by Crippen LogP contribution is 2.45. The van der Waals surface area contributed by atoms with Crippen molar-refractivity contribution in [1.82, 2.24) is 4.90 Å². The molecule has 2 heterocycles. The lowest BCUT2D eigenvalue weighted by Crippen LogP contribution is -2.52. The highest BCUT2D eigenvalue weighted by atomic mass is 19.4. The van der Waals surface area contributed by atoms with Gasteiger partial charge in [-0.1, -0.05) is 6.07 Å². The molecule has 0 unspecified atom stereocenters. The van der Waals surface area contributed by atoms with Crippen molar-refractivity contribution >= 4 is 11.7 Å². The van der Waals surface area contributed by atoms with Crippen LogP contribution in [0.25, 0.3) is 0 Å². The number of nitrogens with zero attached hydrogens (tertiary/aromatic N) is 1. The first kappa shape index (κ1) is 15.8. The summed E-state index contributed by atoms with van der Waals surface area (Å²) in [6.07, 6.45) is -3.83. The number of amides is 1. The molecule has 2 aliphatic rings. The number of carbonyl (C=O) groups excluding carboxylic acids is 2. The molecule has 7 heteroatoms. The number of ether oxygens (including phenoxy) is 1. The van der Waals surface area contributed by atoms with E-state index in [0.717, 1.165) is 6.07 Å². The second-order valence-corrected chi connectivity index (χ2v) is 6.07. The van der Waals surface area contributed by atoms with Crippen LogP contribution in [0.4, 0.5) is 13.2 Å². The molecular formula is C16H16F3NO3. The van der Waals surface area contributed by atoms with Crippen LogP contribution < -0.4 is 4.74 Å². The lowest BCUT2D eigenvalue weighted by atomic mass is 9.82. The van der Waals surface area contributed by atoms with Gasteiger partial charge in [-0.05, 0) is 12.1 Å². The SMILES string of the molecule is CC(=O)N1CCC2(CC1)CC(=O)c1cccc(C(F)(F)F)c1O2. The number of para-hydroxylation sites is 1. The number of hydrogen-bond donors (Lipinski definition) is 0. The number of piperidine rings is 1. The number of alkyl halides is 3. The first-order valence-corrected chi connectivity index (χ1v) is 7.40. The third kappa shape index (κ3) is 2.80. The average molecular weight is 327 g/mol. The number of hydrogen-bond acceptors (Lipinski definition) is 3. The quantitative estimate of drug-likeness (QED) is 0.736. The Bertz CT molecular complexity index is 661. The third-order valence-electron chi connectivity index (χ3n) is 4.54. The zero-order chi connectivity index (χ0) is 16.8. The molecular weight excluding hydrogens is 311 g/mol. The van der Waals surface area contributed by atoms with E-state index in [4.69, 9.17) is 4.74 Å². The molecule has 1 saturated heterocycles. The number of Topliss-reactive ketones (excluding diaryl/α,β-unsaturated/α-hetero) is 1. The first-order chi connectivity index (χ1) is 10.7. The molecule has 23 heavy (non-hydrogen) atoms. The van der Waals surface area contributed by atoms with Crippen molar-refractivity contribution in [3.05, 3.63) is 29.3 Å². The normalized spacial score (nSPS) is 20.2. The van der Waals surface area contributed by atoms with Crippen molar-refractivity contribution in [1.29, 1.82) is 0 Å². The van der Waals surface area contributed by atoms with Gasteiger partial charge in [0, 0.05) is 32.9 Å². The summed E-state index contributed by atoms with van der Waals surface area (Å²) in [4.78, 5) is 25.3. The fraction of sp³-hybridized carbons (Fsp3) is 0.500. The van der Waals surface area contributed by atoms with E-state index in [1.807, 2.05) is 0 Å². The van der Waals surface area contributed by atoms with Gasteiger partial charge in [0.05, 0.1) is 17.5 Å². The van der Waals surface area contributed by atoms with Gasteiger partial charge in [0.2, 0.25) is 5.91 Å². The van der Waals surface area contributed by atoms with Crippen LogP contribution in [0.2, 0.25) is 0 Å². The summed E-state index contributed by atoms with van der Waals surface area (Å²) < 4.78 is 45.3. The van der Waals surface area contributed by atoms with E-state index in [9.17, 15) is 22.8 Å². The Labute approximate surface area is 131 Å². The van der Waals surface area contributed by atoms with E-state index in [0.29, 0.717) is 25.9 Å². The molecule has 1 aromatic rings. The number of benzene rings is 1. The number of halogens is 3. The molecule has 4 nitrogen and oxygen atoms in total. The summed E-state index contributed by atoms with van der Waals surface area (Å²) in [7, 11) is 0. The monoisotopic (exact) mass is 327 g/mol. The number of carbonyl (C=O) groups is 2. The van der Waals surface area contributed by atoms with Crippen LogP contribution in [-0.2, 0) is 11.0 Å². The smallest absolute Gasteiger partial charge is 0.419 e. The van der Waals surface area contributed by atoms with Crippen LogP contribution in [0.5, 0.6) is 5.75 Å². The van der Waals surface area contributed by atoms with Crippen LogP contribution in [0.1, 0.15) is 42.1 Å². The fourth-order valence-corrected chi connectivity index (χ4v) is 3.24. The van der Waals surface area contributed by atoms with Gasteiger partial charge in [-0.3, -0.25) is 9.59 Å². The molecule has 0 aromatic heterocycles. The van der Waals surface area contributed by atoms with E-state index in [-0.39, 0.29) is 29.4 Å². The molecule has 0 radical (unpaired) electrons. The van der Waals surface area contributed by atoms with Crippen LogP contribution in [0, 0.1) is 0 Å². The van der Waals surface area contributed by atoms with E-state index >= 15 is 0 Å². The maximum Gasteiger partial charge on any atom is 0.419 e. The molecule has 0 atom stereocenters. The van der Waals surface area contributed by atoms with E-state index < -0.39 is 17.3 Å². The molecule has 0 aliphatic carbocycles. The summed E-state index contributed by atoms with van der Waals surface area (Å²) >= 11 is 0. The molecule has 1 amide bonds. The second-order valence-electron chi connectivity index (χ2n) is 6.07. The van der Waals surface area contributed by atoms with Crippen LogP contribution >= 0.6 is 0 Å². The molecule has 0 bridgehead atoms. The zero-order valence-corrected chi connectivity index (χ0v) is 12.6. The summed E-state index contributed by atoms with van der Waals surface area (Å²) in [6, 6.07) is 3.51. The lowest BCUT2D eigenvalue weighted by Gasteiger charge is -2.44. The Morgan fingerprint density at radius 3 is 2.48 bits per heavy atom. The Balaban J connectivity index is 1.94. The number of rotatable bonds is 0. The topological polar surface area (TPSA) is 46.6 Å². The van der Waals surface area contributed by atoms with Gasteiger partial charge in [-0.2, -0.15) is 13.2 Å². The molecule has 0 saturated carbocycles. The average Bonchev–Trinajstić information content (AvgIpc) is 2.46. The first-order valence-electron chi connectivity index (χ1n) is 7.40. The highest BCUT2D eigenvalue weighted by molar-refractivity contribution is 6.00. The minimum atomic E-state index is -4.58. The second kappa shape index (κ2) is 5.25. The molecule has 0 N–H and O–H groups in total. The minimum absolute atomic E-state index is 0.0144. The van der Waals surface area contributed by atoms with Gasteiger partial charge >= 0.3 is 6.18 Å². The van der Waals surface area contributed by atoms with Gasteiger partial charge < -0.3 is 9.64 Å². The van der Waals surface area contributed by atoms with E-state index in [1.165, 1.54) is 19.1 Å². The standard InChI is InChI=1S/C16H16F3NO3/c1-10(21)20-7-5-15(6-8-20)9-13(22)11-3-2-4-12(14(11)23-15)16(17,18)19/h2-4H,5-9H2,1H3. The minimum Gasteiger partial charge on any atom is -0.485 e. The molecule has 1 spiro atoms. The van der Waals surface area contributed by atoms with E-state index in [1.54, 1.807) is 4.90 Å². The summed E-state index contributed by atoms with van der Waals surface area (Å²) in [5.74, 6) is -0.792. The third-order valence-corrected chi connectivity index (χ3v) is 4.54. The summed E-state index contributed by atoms with van der Waals surface area (Å²) in [5.41, 5.74) is -1.88. The van der Waals surface area contributed by atoms with Gasteiger partial charge in [-0.25, -0.2) is 0 Å². The Kier molecular flexibility index (Phi) is 3.61. The Morgan fingerprint density at radius 1 is 1.26 bits per heavy atom. The van der Waals surface area contributed by atoms with Crippen molar-refractivity contribution in [3.63, 3.8) is 0 Å². The van der Waals surface area contributed by atoms with E-state index in [2.05, 4.69) is 0 Å². The number of ketones is 1. The predicted molar refractivity (Wildman–Crippen MR) is 75.2 cm³/mol. The predicted octanol–water partition coefficient (Wildman–Crippen LogP) is 3.05. The Morgan fingerprint density at radius 2 is 1.91 bits per heavy atom. The van der Waals surface area contributed by atoms with Crippen LogP contribution in [-0.4, -0.2) is 35.3 Å². The number of fused-ring (bicyclic) bond motifs is 1. The Hall–Kier alpha value is -2.05. The molecule has 124 valence electrons. The maximum absolute atomic E-state index is 13.2. The number of likely N-dealkylation sites (tertiary alicyclic amines) is 1. The van der Waals surface area contributed by atoms with Crippen molar-refractivity contribution in [2.24, 2.45) is 0 Å². The van der Waals surface area contributed by atoms with Crippen molar-refractivity contribution in [2.75, 3.05) is 13.1 Å². The summed E-state index contributed by atoms with van der Waals surface area (Å²) in [5, 5.41) is 0. The van der Waals surface area contributed by atoms with Gasteiger partial charge in [-0.15, -0.1) is 0 Å². The maximum atomic E-state index is 13.2. The van der Waals surface area contributed by atoms with Crippen molar-refractivity contribution < 1.29 is 27.5 Å². The van der Waals surface area contributed by atoms with Gasteiger partial charge in [0.15, 0.2) is 5.78 Å².